The van der Waals surface area contributed by atoms with Crippen LogP contribution >= 0.6 is 0 Å². The lowest BCUT2D eigenvalue weighted by atomic mass is 9.99. The molecule has 1 rings (SSSR count). The van der Waals surface area contributed by atoms with Crippen molar-refractivity contribution >= 4 is 5.97 Å². The number of rotatable bonds is 7. The van der Waals surface area contributed by atoms with E-state index in [0.29, 0.717) is 13.0 Å². The first-order valence-electron chi connectivity index (χ1n) is 6.49. The average Bonchev–Trinajstić information content (AvgIpc) is 2.28. The van der Waals surface area contributed by atoms with E-state index in [9.17, 15) is 18.0 Å². The Morgan fingerprint density at radius 1 is 1.37 bits per heavy atom. The number of ether oxygens (including phenoxy) is 1. The molecule has 1 fully saturated rings. The third kappa shape index (κ3) is 7.37. The van der Waals surface area contributed by atoms with Gasteiger partial charge in [-0.05, 0) is 25.8 Å². The van der Waals surface area contributed by atoms with Gasteiger partial charge >= 0.3 is 12.1 Å². The van der Waals surface area contributed by atoms with Crippen molar-refractivity contribution in [2.45, 2.75) is 44.3 Å². The van der Waals surface area contributed by atoms with E-state index in [1.165, 1.54) is 0 Å². The summed E-state index contributed by atoms with van der Waals surface area (Å²) in [7, 11) is 0. The molecule has 1 N–H and O–H groups in total. The van der Waals surface area contributed by atoms with Gasteiger partial charge in [0.15, 0.2) is 0 Å². The molecule has 1 aliphatic heterocycles. The number of carboxylic acid groups (broad SMARTS) is 1. The molecule has 0 aromatic carbocycles. The molecule has 0 radical (unpaired) electrons. The zero-order chi connectivity index (χ0) is 14.3. The quantitative estimate of drug-likeness (QED) is 0.728. The van der Waals surface area contributed by atoms with Crippen LogP contribution < -0.4 is 0 Å². The molecule has 1 heterocycles. The molecule has 1 aliphatic rings. The number of carbonyl (C=O) groups is 1. The number of hydrogen-bond acceptors (Lipinski definition) is 3. The minimum absolute atomic E-state index is 0.00821. The first-order valence-corrected chi connectivity index (χ1v) is 6.49. The second-order valence-corrected chi connectivity index (χ2v) is 4.80. The number of nitrogens with zero attached hydrogens (tertiary/aromatic N) is 1. The van der Waals surface area contributed by atoms with Crippen LogP contribution in [0.25, 0.3) is 0 Å². The molecule has 1 atom stereocenters. The molecule has 0 amide bonds. The number of halogens is 3. The maximum absolute atomic E-state index is 11.8. The fourth-order valence-corrected chi connectivity index (χ4v) is 2.34. The Hall–Kier alpha value is -0.820. The molecule has 112 valence electrons. The molecular formula is C12H20F3NO3. The molecule has 1 saturated heterocycles. The van der Waals surface area contributed by atoms with Crippen molar-refractivity contribution in [2.75, 3.05) is 26.3 Å². The van der Waals surface area contributed by atoms with Crippen molar-refractivity contribution in [1.82, 2.24) is 4.90 Å². The van der Waals surface area contributed by atoms with Crippen molar-refractivity contribution < 1.29 is 27.8 Å². The van der Waals surface area contributed by atoms with Gasteiger partial charge in [0.05, 0.1) is 6.42 Å². The van der Waals surface area contributed by atoms with Crippen LogP contribution in [0.5, 0.6) is 0 Å². The molecule has 1 unspecified atom stereocenters. The Morgan fingerprint density at radius 2 is 2.11 bits per heavy atom. The maximum atomic E-state index is 11.8. The Balaban J connectivity index is 2.20. The van der Waals surface area contributed by atoms with Crippen LogP contribution in [-0.2, 0) is 9.53 Å². The van der Waals surface area contributed by atoms with E-state index >= 15 is 0 Å². The second-order valence-electron chi connectivity index (χ2n) is 4.80. The molecule has 0 spiro atoms. The van der Waals surface area contributed by atoms with Gasteiger partial charge in [0, 0.05) is 19.2 Å². The number of likely N-dealkylation sites (tertiary alicyclic amines) is 1. The van der Waals surface area contributed by atoms with Gasteiger partial charge in [0.25, 0.3) is 0 Å². The van der Waals surface area contributed by atoms with Gasteiger partial charge < -0.3 is 9.84 Å². The Bertz CT molecular complexity index is 284. The lowest BCUT2D eigenvalue weighted by molar-refractivity contribution is -0.174. The summed E-state index contributed by atoms with van der Waals surface area (Å²) in [6.45, 7) is 0.244. The maximum Gasteiger partial charge on any atom is 0.411 e. The van der Waals surface area contributed by atoms with Crippen molar-refractivity contribution in [3.63, 3.8) is 0 Å². The van der Waals surface area contributed by atoms with Crippen molar-refractivity contribution in [2.24, 2.45) is 0 Å². The second kappa shape index (κ2) is 7.69. The highest BCUT2D eigenvalue weighted by Crippen LogP contribution is 2.20. The Morgan fingerprint density at radius 3 is 2.74 bits per heavy atom. The zero-order valence-corrected chi connectivity index (χ0v) is 10.8. The summed E-state index contributed by atoms with van der Waals surface area (Å²) in [6, 6.07) is 0.00821. The van der Waals surface area contributed by atoms with Crippen LogP contribution in [-0.4, -0.2) is 54.5 Å². The smallest absolute Gasteiger partial charge is 0.411 e. The third-order valence-corrected chi connectivity index (χ3v) is 3.16. The van der Waals surface area contributed by atoms with Crippen LogP contribution in [0, 0.1) is 0 Å². The van der Waals surface area contributed by atoms with Crippen LogP contribution in [0.4, 0.5) is 13.2 Å². The molecule has 0 aromatic heterocycles. The number of aliphatic carboxylic acids is 1. The van der Waals surface area contributed by atoms with Crippen LogP contribution in [0.15, 0.2) is 0 Å². The Labute approximate surface area is 110 Å². The van der Waals surface area contributed by atoms with E-state index in [1.54, 1.807) is 0 Å². The molecule has 19 heavy (non-hydrogen) atoms. The van der Waals surface area contributed by atoms with E-state index in [0.717, 1.165) is 25.8 Å². The fraction of sp³-hybridized carbons (Fsp3) is 0.917. The SMILES string of the molecule is O=C(O)CC1CCCCN1CCCOCC(F)(F)F. The van der Waals surface area contributed by atoms with Crippen molar-refractivity contribution in [1.29, 1.82) is 0 Å². The summed E-state index contributed by atoms with van der Waals surface area (Å²) in [6.07, 6.45) is -0.819. The molecule has 0 saturated carbocycles. The summed E-state index contributed by atoms with van der Waals surface area (Å²) >= 11 is 0. The van der Waals surface area contributed by atoms with Crippen LogP contribution in [0.1, 0.15) is 32.1 Å². The monoisotopic (exact) mass is 283 g/mol. The zero-order valence-electron chi connectivity index (χ0n) is 10.8. The summed E-state index contributed by atoms with van der Waals surface area (Å²) < 4.78 is 40.1. The van der Waals surface area contributed by atoms with E-state index < -0.39 is 18.8 Å². The highest BCUT2D eigenvalue weighted by atomic mass is 19.4. The standard InChI is InChI=1S/C12H20F3NO3/c13-12(14,15)9-19-7-3-6-16-5-2-1-4-10(16)8-11(17)18/h10H,1-9H2,(H,17,18). The molecule has 0 bridgehead atoms. The minimum Gasteiger partial charge on any atom is -0.481 e. The number of alkyl halides is 3. The van der Waals surface area contributed by atoms with Gasteiger partial charge in [-0.25, -0.2) is 0 Å². The average molecular weight is 283 g/mol. The largest absolute Gasteiger partial charge is 0.481 e. The van der Waals surface area contributed by atoms with E-state index in [2.05, 4.69) is 9.64 Å². The molecular weight excluding hydrogens is 263 g/mol. The predicted molar refractivity (Wildman–Crippen MR) is 63.0 cm³/mol. The van der Waals surface area contributed by atoms with Crippen molar-refractivity contribution in [3.8, 4) is 0 Å². The molecule has 4 nitrogen and oxygen atoms in total. The van der Waals surface area contributed by atoms with E-state index in [-0.39, 0.29) is 19.1 Å². The highest BCUT2D eigenvalue weighted by Gasteiger charge is 2.27. The van der Waals surface area contributed by atoms with Gasteiger partial charge in [-0.15, -0.1) is 0 Å². The fourth-order valence-electron chi connectivity index (χ4n) is 2.34. The number of carboxylic acids is 1. The van der Waals surface area contributed by atoms with E-state index in [4.69, 9.17) is 5.11 Å². The molecule has 0 aromatic rings. The minimum atomic E-state index is -4.28. The normalized spacial score (nSPS) is 21.5. The molecule has 7 heteroatoms. The van der Waals surface area contributed by atoms with Gasteiger partial charge in [-0.2, -0.15) is 13.2 Å². The lowest BCUT2D eigenvalue weighted by Crippen LogP contribution is -2.41. The summed E-state index contributed by atoms with van der Waals surface area (Å²) in [5.41, 5.74) is 0. The van der Waals surface area contributed by atoms with Gasteiger partial charge in [-0.1, -0.05) is 6.42 Å². The van der Waals surface area contributed by atoms with Crippen LogP contribution in [0.3, 0.4) is 0 Å². The van der Waals surface area contributed by atoms with Crippen molar-refractivity contribution in [3.05, 3.63) is 0 Å². The van der Waals surface area contributed by atoms with Gasteiger partial charge in [0.2, 0.25) is 0 Å². The molecule has 0 aliphatic carbocycles. The lowest BCUT2D eigenvalue weighted by Gasteiger charge is -2.34. The van der Waals surface area contributed by atoms with Gasteiger partial charge in [-0.3, -0.25) is 9.69 Å². The number of hydrogen-bond donors (Lipinski definition) is 1. The van der Waals surface area contributed by atoms with Crippen LogP contribution in [0.2, 0.25) is 0 Å². The first kappa shape index (κ1) is 16.2. The predicted octanol–water partition coefficient (Wildman–Crippen LogP) is 2.28. The van der Waals surface area contributed by atoms with Gasteiger partial charge in [0.1, 0.15) is 6.61 Å². The highest BCUT2D eigenvalue weighted by molar-refractivity contribution is 5.67. The third-order valence-electron chi connectivity index (χ3n) is 3.16. The number of piperidine rings is 1. The first-order chi connectivity index (χ1) is 8.88. The summed E-state index contributed by atoms with van der Waals surface area (Å²) in [5, 5.41) is 8.81. The summed E-state index contributed by atoms with van der Waals surface area (Å²) in [5.74, 6) is -0.828. The Kier molecular flexibility index (Phi) is 6.57. The summed E-state index contributed by atoms with van der Waals surface area (Å²) in [4.78, 5) is 12.8. The van der Waals surface area contributed by atoms with E-state index in [1.807, 2.05) is 0 Å². The topological polar surface area (TPSA) is 49.8 Å².